The minimum atomic E-state index is 0.00993. The molecule has 6 nitrogen and oxygen atoms in total. The van der Waals surface area contributed by atoms with Crippen LogP contribution in [0.25, 0.3) is 10.6 Å². The lowest BCUT2D eigenvalue weighted by atomic mass is 10.1. The van der Waals surface area contributed by atoms with E-state index in [1.807, 2.05) is 32.9 Å². The SMILES string of the molecule is Cc1nc(-c2cccnc2)sc1CNC(=O)CCc1c(C)noc1C. The van der Waals surface area contributed by atoms with Crippen molar-refractivity contribution in [3.05, 3.63) is 52.1 Å². The van der Waals surface area contributed by atoms with E-state index in [0.717, 1.165) is 38.2 Å². The first-order valence-corrected chi connectivity index (χ1v) is 8.91. The zero-order valence-corrected chi connectivity index (χ0v) is 15.3. The van der Waals surface area contributed by atoms with Gasteiger partial charge in [0.1, 0.15) is 10.8 Å². The summed E-state index contributed by atoms with van der Waals surface area (Å²) in [5, 5.41) is 7.81. The monoisotopic (exact) mass is 356 g/mol. The molecule has 1 N–H and O–H groups in total. The second-order valence-electron chi connectivity index (χ2n) is 5.85. The summed E-state index contributed by atoms with van der Waals surface area (Å²) in [6.45, 7) is 6.21. The molecule has 130 valence electrons. The van der Waals surface area contributed by atoms with E-state index in [4.69, 9.17) is 4.52 Å². The van der Waals surface area contributed by atoms with Crippen molar-refractivity contribution in [1.82, 2.24) is 20.4 Å². The maximum atomic E-state index is 12.1. The van der Waals surface area contributed by atoms with E-state index in [1.165, 1.54) is 0 Å². The predicted molar refractivity (Wildman–Crippen MR) is 96.2 cm³/mol. The van der Waals surface area contributed by atoms with Gasteiger partial charge < -0.3 is 9.84 Å². The highest BCUT2D eigenvalue weighted by molar-refractivity contribution is 7.15. The summed E-state index contributed by atoms with van der Waals surface area (Å²) in [5.74, 6) is 0.792. The van der Waals surface area contributed by atoms with Gasteiger partial charge >= 0.3 is 0 Å². The van der Waals surface area contributed by atoms with Crippen LogP contribution in [-0.4, -0.2) is 21.0 Å². The number of rotatable bonds is 6. The maximum Gasteiger partial charge on any atom is 0.220 e. The fourth-order valence-corrected chi connectivity index (χ4v) is 3.56. The molecule has 3 aromatic heterocycles. The number of carbonyl (C=O) groups is 1. The van der Waals surface area contributed by atoms with Gasteiger partial charge in [-0.1, -0.05) is 5.16 Å². The molecule has 0 spiro atoms. The van der Waals surface area contributed by atoms with Crippen molar-refractivity contribution in [2.45, 2.75) is 40.2 Å². The molecule has 0 bridgehead atoms. The Morgan fingerprint density at radius 1 is 1.28 bits per heavy atom. The lowest BCUT2D eigenvalue weighted by Gasteiger charge is -2.04. The molecule has 25 heavy (non-hydrogen) atoms. The molecule has 0 aliphatic rings. The smallest absolute Gasteiger partial charge is 0.220 e. The van der Waals surface area contributed by atoms with Gasteiger partial charge in [0.25, 0.3) is 0 Å². The highest BCUT2D eigenvalue weighted by atomic mass is 32.1. The van der Waals surface area contributed by atoms with Gasteiger partial charge in [0.15, 0.2) is 0 Å². The van der Waals surface area contributed by atoms with E-state index in [-0.39, 0.29) is 5.91 Å². The molecule has 3 aromatic rings. The van der Waals surface area contributed by atoms with E-state index in [0.29, 0.717) is 19.4 Å². The predicted octanol–water partition coefficient (Wildman–Crippen LogP) is 3.37. The molecule has 3 heterocycles. The zero-order chi connectivity index (χ0) is 17.8. The molecule has 0 aliphatic carbocycles. The van der Waals surface area contributed by atoms with Crippen LogP contribution >= 0.6 is 11.3 Å². The van der Waals surface area contributed by atoms with Gasteiger partial charge in [0, 0.05) is 34.8 Å². The first-order chi connectivity index (χ1) is 12.0. The van der Waals surface area contributed by atoms with Crippen LogP contribution in [0.15, 0.2) is 29.0 Å². The van der Waals surface area contributed by atoms with Crippen molar-refractivity contribution in [1.29, 1.82) is 0 Å². The number of hydrogen-bond acceptors (Lipinski definition) is 6. The van der Waals surface area contributed by atoms with Crippen LogP contribution in [0.4, 0.5) is 0 Å². The summed E-state index contributed by atoms with van der Waals surface area (Å²) < 4.78 is 5.12. The third kappa shape index (κ3) is 4.11. The molecule has 3 rings (SSSR count). The number of carbonyl (C=O) groups excluding carboxylic acids is 1. The van der Waals surface area contributed by atoms with Gasteiger partial charge in [-0.05, 0) is 39.3 Å². The highest BCUT2D eigenvalue weighted by Crippen LogP contribution is 2.27. The molecule has 1 amide bonds. The number of nitrogens with one attached hydrogen (secondary N) is 1. The first-order valence-electron chi connectivity index (χ1n) is 8.09. The fourth-order valence-electron chi connectivity index (χ4n) is 2.57. The summed E-state index contributed by atoms with van der Waals surface area (Å²) in [6.07, 6.45) is 4.58. The van der Waals surface area contributed by atoms with Gasteiger partial charge in [-0.25, -0.2) is 4.98 Å². The van der Waals surface area contributed by atoms with Gasteiger partial charge in [-0.15, -0.1) is 11.3 Å². The Labute approximate surface area is 150 Å². The molecular formula is C18H20N4O2S. The van der Waals surface area contributed by atoms with E-state index in [1.54, 1.807) is 23.7 Å². The number of thiazole rings is 1. The van der Waals surface area contributed by atoms with E-state index in [9.17, 15) is 4.79 Å². The third-order valence-electron chi connectivity index (χ3n) is 4.03. The van der Waals surface area contributed by atoms with Gasteiger partial charge in [-0.2, -0.15) is 0 Å². The molecule has 0 radical (unpaired) electrons. The standard InChI is InChI=1S/C18H20N4O2S/c1-11-15(13(3)24-22-11)6-7-17(23)20-10-16-12(2)21-18(25-16)14-5-4-8-19-9-14/h4-5,8-9H,6-7,10H2,1-3H3,(H,20,23). The van der Waals surface area contributed by atoms with Crippen molar-refractivity contribution in [2.75, 3.05) is 0 Å². The Bertz CT molecular complexity index is 851. The molecule has 0 saturated carbocycles. The molecule has 0 saturated heterocycles. The Balaban J connectivity index is 1.56. The average Bonchev–Trinajstić information content (AvgIpc) is 3.14. The number of aromatic nitrogens is 3. The summed E-state index contributed by atoms with van der Waals surface area (Å²) in [4.78, 5) is 21.9. The second kappa shape index (κ2) is 7.57. The fraction of sp³-hybridized carbons (Fsp3) is 0.333. The van der Waals surface area contributed by atoms with Crippen LogP contribution in [0, 0.1) is 20.8 Å². The van der Waals surface area contributed by atoms with Crippen molar-refractivity contribution >= 4 is 17.2 Å². The summed E-state index contributed by atoms with van der Waals surface area (Å²) >= 11 is 1.58. The summed E-state index contributed by atoms with van der Waals surface area (Å²) in [6, 6.07) is 3.87. The van der Waals surface area contributed by atoms with Crippen molar-refractivity contribution in [2.24, 2.45) is 0 Å². The van der Waals surface area contributed by atoms with Crippen LogP contribution in [0.3, 0.4) is 0 Å². The Kier molecular flexibility index (Phi) is 5.23. The van der Waals surface area contributed by atoms with Crippen molar-refractivity contribution < 1.29 is 9.32 Å². The van der Waals surface area contributed by atoms with Crippen LogP contribution in [0.1, 0.15) is 34.0 Å². The molecule has 0 aromatic carbocycles. The zero-order valence-electron chi connectivity index (χ0n) is 14.5. The average molecular weight is 356 g/mol. The van der Waals surface area contributed by atoms with Crippen molar-refractivity contribution in [3.8, 4) is 10.6 Å². The number of hydrogen-bond donors (Lipinski definition) is 1. The van der Waals surface area contributed by atoms with Crippen molar-refractivity contribution in [3.63, 3.8) is 0 Å². The quantitative estimate of drug-likeness (QED) is 0.732. The normalized spacial score (nSPS) is 10.8. The molecule has 0 fully saturated rings. The van der Waals surface area contributed by atoms with Gasteiger partial charge in [0.05, 0.1) is 17.9 Å². The number of aryl methyl sites for hydroxylation is 3. The molecule has 7 heteroatoms. The number of nitrogens with zero attached hydrogens (tertiary/aromatic N) is 3. The molecular weight excluding hydrogens is 336 g/mol. The van der Waals surface area contributed by atoms with E-state index < -0.39 is 0 Å². The Morgan fingerprint density at radius 2 is 2.12 bits per heavy atom. The van der Waals surface area contributed by atoms with Crippen LogP contribution in [0.5, 0.6) is 0 Å². The van der Waals surface area contributed by atoms with Crippen LogP contribution < -0.4 is 5.32 Å². The Hall–Kier alpha value is -2.54. The summed E-state index contributed by atoms with van der Waals surface area (Å²) in [5.41, 5.74) is 3.80. The second-order valence-corrected chi connectivity index (χ2v) is 6.93. The minimum absolute atomic E-state index is 0.00993. The Morgan fingerprint density at radius 3 is 2.80 bits per heavy atom. The maximum absolute atomic E-state index is 12.1. The lowest BCUT2D eigenvalue weighted by Crippen LogP contribution is -2.23. The number of amides is 1. The van der Waals surface area contributed by atoms with Gasteiger partial charge in [-0.3, -0.25) is 9.78 Å². The molecule has 0 aliphatic heterocycles. The highest BCUT2D eigenvalue weighted by Gasteiger charge is 2.13. The lowest BCUT2D eigenvalue weighted by molar-refractivity contribution is -0.121. The molecule has 0 unspecified atom stereocenters. The van der Waals surface area contributed by atoms with Crippen LogP contribution in [0.2, 0.25) is 0 Å². The largest absolute Gasteiger partial charge is 0.361 e. The first kappa shape index (κ1) is 17.3. The topological polar surface area (TPSA) is 80.9 Å². The molecule has 0 atom stereocenters. The van der Waals surface area contributed by atoms with E-state index >= 15 is 0 Å². The van der Waals surface area contributed by atoms with E-state index in [2.05, 4.69) is 20.4 Å². The third-order valence-corrected chi connectivity index (χ3v) is 5.24. The minimum Gasteiger partial charge on any atom is -0.361 e. The van der Waals surface area contributed by atoms with Gasteiger partial charge in [0.2, 0.25) is 5.91 Å². The number of pyridine rings is 1. The van der Waals surface area contributed by atoms with Crippen LogP contribution in [-0.2, 0) is 17.8 Å². The summed E-state index contributed by atoms with van der Waals surface area (Å²) in [7, 11) is 0.